The zero-order valence-corrected chi connectivity index (χ0v) is 16.8. The number of nitrogens with one attached hydrogen (secondary N) is 1. The van der Waals surface area contributed by atoms with Gasteiger partial charge in [-0.2, -0.15) is 5.10 Å². The summed E-state index contributed by atoms with van der Waals surface area (Å²) in [6.45, 7) is 4.69. The van der Waals surface area contributed by atoms with Crippen molar-refractivity contribution in [3.8, 4) is 11.5 Å². The van der Waals surface area contributed by atoms with Crippen molar-refractivity contribution in [2.24, 2.45) is 10.1 Å². The molecule has 1 aliphatic heterocycles. The lowest BCUT2D eigenvalue weighted by atomic mass is 9.99. The smallest absolute Gasteiger partial charge is 0.154 e. The van der Waals surface area contributed by atoms with Crippen molar-refractivity contribution < 1.29 is 9.47 Å². The normalized spacial score (nSPS) is 12.8. The molecule has 1 heterocycles. The molecule has 0 unspecified atom stereocenters. The minimum Gasteiger partial charge on any atom is -0.497 e. The molecule has 0 aromatic heterocycles. The predicted molar refractivity (Wildman–Crippen MR) is 117 cm³/mol. The van der Waals surface area contributed by atoms with E-state index < -0.39 is 0 Å². The average molecular weight is 385 g/mol. The van der Waals surface area contributed by atoms with Crippen LogP contribution in [0.25, 0.3) is 0 Å². The monoisotopic (exact) mass is 385 g/mol. The third-order valence-corrected chi connectivity index (χ3v) is 4.72. The molecule has 1 N–H and O–H groups in total. The molecule has 0 atom stereocenters. The lowest BCUT2D eigenvalue weighted by Crippen LogP contribution is -2.19. The maximum absolute atomic E-state index is 5.57. The minimum atomic E-state index is 0.642. The molecule has 146 valence electrons. The molecule has 0 aliphatic carbocycles. The summed E-state index contributed by atoms with van der Waals surface area (Å²) in [5.74, 6) is 2.34. The highest BCUT2D eigenvalue weighted by Gasteiger charge is 2.17. The van der Waals surface area contributed by atoms with E-state index in [1.165, 1.54) is 0 Å². The fourth-order valence-corrected chi connectivity index (χ4v) is 3.23. The molecule has 0 bridgehead atoms. The van der Waals surface area contributed by atoms with E-state index in [9.17, 15) is 0 Å². The van der Waals surface area contributed by atoms with Gasteiger partial charge in [0, 0.05) is 16.7 Å². The second-order valence-corrected chi connectivity index (χ2v) is 6.74. The Balaban J connectivity index is 1.77. The second-order valence-electron chi connectivity index (χ2n) is 6.74. The molecule has 4 rings (SSSR count). The Bertz CT molecular complexity index is 1070. The molecule has 3 aromatic carbocycles. The molecule has 0 amide bonds. The third-order valence-electron chi connectivity index (χ3n) is 4.72. The Morgan fingerprint density at radius 3 is 2.24 bits per heavy atom. The highest BCUT2D eigenvalue weighted by Crippen LogP contribution is 2.28. The van der Waals surface area contributed by atoms with E-state index in [0.29, 0.717) is 12.4 Å². The number of hydrazone groups is 1. The maximum atomic E-state index is 5.57. The molecule has 0 saturated heterocycles. The van der Waals surface area contributed by atoms with E-state index in [1.54, 1.807) is 7.11 Å². The zero-order valence-electron chi connectivity index (χ0n) is 16.8. The zero-order chi connectivity index (χ0) is 20.2. The SMILES string of the molecule is CCOc1ccc(C2=NNC(c3ccc(OC)cc3)=Nc3ccc(C)cc32)cc1. The summed E-state index contributed by atoms with van der Waals surface area (Å²) < 4.78 is 10.8. The Labute approximate surface area is 170 Å². The number of aryl methyl sites for hydroxylation is 1. The molecule has 0 spiro atoms. The summed E-state index contributed by atoms with van der Waals surface area (Å²) in [5.41, 5.74) is 8.96. The standard InChI is InChI=1S/C24H23N3O2/c1-4-29-20-12-6-17(7-13-20)23-21-15-16(2)5-14-22(21)25-24(27-26-23)18-8-10-19(28-3)11-9-18/h5-15H,4H2,1-3H3,(H,25,27). The van der Waals surface area contributed by atoms with Gasteiger partial charge in [0.15, 0.2) is 5.84 Å². The number of rotatable bonds is 5. The van der Waals surface area contributed by atoms with Crippen LogP contribution in [0, 0.1) is 6.92 Å². The number of amidine groups is 1. The number of aliphatic imine (C=N–C) groups is 1. The van der Waals surface area contributed by atoms with Crippen LogP contribution in [0.1, 0.15) is 29.2 Å². The molecule has 0 fully saturated rings. The molecular formula is C24H23N3O2. The van der Waals surface area contributed by atoms with Gasteiger partial charge in [-0.15, -0.1) is 0 Å². The first-order chi connectivity index (χ1) is 14.2. The van der Waals surface area contributed by atoms with Crippen LogP contribution in [0.4, 0.5) is 5.69 Å². The lowest BCUT2D eigenvalue weighted by Gasteiger charge is -2.10. The number of hydrogen-bond acceptors (Lipinski definition) is 5. The number of ether oxygens (including phenoxy) is 2. The van der Waals surface area contributed by atoms with Gasteiger partial charge >= 0.3 is 0 Å². The van der Waals surface area contributed by atoms with Crippen LogP contribution in [-0.4, -0.2) is 25.3 Å². The van der Waals surface area contributed by atoms with Crippen molar-refractivity contribution in [1.82, 2.24) is 5.43 Å². The highest BCUT2D eigenvalue weighted by molar-refractivity contribution is 6.18. The van der Waals surface area contributed by atoms with Gasteiger partial charge in [0.2, 0.25) is 0 Å². The molecule has 5 nitrogen and oxygen atoms in total. The summed E-state index contributed by atoms with van der Waals surface area (Å²) >= 11 is 0. The molecule has 5 heteroatoms. The van der Waals surface area contributed by atoms with Gasteiger partial charge in [0.25, 0.3) is 0 Å². The van der Waals surface area contributed by atoms with Crippen molar-refractivity contribution in [3.63, 3.8) is 0 Å². The van der Waals surface area contributed by atoms with Crippen molar-refractivity contribution in [2.75, 3.05) is 13.7 Å². The predicted octanol–water partition coefficient (Wildman–Crippen LogP) is 4.84. The summed E-state index contributed by atoms with van der Waals surface area (Å²) in [7, 11) is 1.66. The molecule has 0 radical (unpaired) electrons. The fourth-order valence-electron chi connectivity index (χ4n) is 3.23. The first-order valence-corrected chi connectivity index (χ1v) is 9.59. The van der Waals surface area contributed by atoms with Crippen LogP contribution in [0.15, 0.2) is 76.8 Å². The van der Waals surface area contributed by atoms with Crippen LogP contribution in [0.5, 0.6) is 11.5 Å². The molecule has 3 aromatic rings. The Kier molecular flexibility index (Phi) is 5.29. The van der Waals surface area contributed by atoms with Gasteiger partial charge in [-0.3, -0.25) is 5.43 Å². The summed E-state index contributed by atoms with van der Waals surface area (Å²) in [5, 5.41) is 4.72. The summed E-state index contributed by atoms with van der Waals surface area (Å²) in [6.07, 6.45) is 0. The van der Waals surface area contributed by atoms with E-state index in [2.05, 4.69) is 24.5 Å². The van der Waals surface area contributed by atoms with E-state index in [-0.39, 0.29) is 0 Å². The number of benzene rings is 3. The first kappa shape index (κ1) is 18.7. The minimum absolute atomic E-state index is 0.642. The summed E-state index contributed by atoms with van der Waals surface area (Å²) in [6, 6.07) is 22.0. The van der Waals surface area contributed by atoms with Gasteiger partial charge in [-0.25, -0.2) is 4.99 Å². The van der Waals surface area contributed by atoms with Crippen LogP contribution >= 0.6 is 0 Å². The van der Waals surface area contributed by atoms with Crippen LogP contribution in [0.2, 0.25) is 0 Å². The summed E-state index contributed by atoms with van der Waals surface area (Å²) in [4.78, 5) is 4.85. The lowest BCUT2D eigenvalue weighted by molar-refractivity contribution is 0.340. The number of fused-ring (bicyclic) bond motifs is 1. The van der Waals surface area contributed by atoms with Crippen molar-refractivity contribution >= 4 is 17.2 Å². The Hall–Kier alpha value is -3.60. The van der Waals surface area contributed by atoms with Crippen molar-refractivity contribution in [1.29, 1.82) is 0 Å². The van der Waals surface area contributed by atoms with Gasteiger partial charge in [-0.1, -0.05) is 11.6 Å². The van der Waals surface area contributed by atoms with E-state index in [1.807, 2.05) is 61.5 Å². The van der Waals surface area contributed by atoms with Gasteiger partial charge < -0.3 is 9.47 Å². The topological polar surface area (TPSA) is 55.2 Å². The molecule has 29 heavy (non-hydrogen) atoms. The van der Waals surface area contributed by atoms with E-state index >= 15 is 0 Å². The highest BCUT2D eigenvalue weighted by atomic mass is 16.5. The first-order valence-electron chi connectivity index (χ1n) is 9.59. The fraction of sp³-hybridized carbons (Fsp3) is 0.167. The van der Waals surface area contributed by atoms with Crippen LogP contribution in [-0.2, 0) is 0 Å². The Morgan fingerprint density at radius 1 is 0.862 bits per heavy atom. The molecule has 0 saturated carbocycles. The van der Waals surface area contributed by atoms with E-state index in [0.717, 1.165) is 45.2 Å². The quantitative estimate of drug-likeness (QED) is 0.684. The molecular weight excluding hydrogens is 362 g/mol. The number of nitrogens with zero attached hydrogens (tertiary/aromatic N) is 2. The van der Waals surface area contributed by atoms with Crippen molar-refractivity contribution in [2.45, 2.75) is 13.8 Å². The third kappa shape index (κ3) is 3.99. The second kappa shape index (κ2) is 8.19. The largest absolute Gasteiger partial charge is 0.497 e. The Morgan fingerprint density at radius 2 is 1.55 bits per heavy atom. The number of methoxy groups -OCH3 is 1. The van der Waals surface area contributed by atoms with Crippen LogP contribution in [0.3, 0.4) is 0 Å². The molecule has 1 aliphatic rings. The van der Waals surface area contributed by atoms with Crippen molar-refractivity contribution in [3.05, 3.63) is 89.0 Å². The number of hydrogen-bond donors (Lipinski definition) is 1. The van der Waals surface area contributed by atoms with Crippen LogP contribution < -0.4 is 14.9 Å². The van der Waals surface area contributed by atoms with Gasteiger partial charge in [-0.05, 0) is 74.5 Å². The average Bonchev–Trinajstić information content (AvgIpc) is 2.94. The maximum Gasteiger partial charge on any atom is 0.154 e. The van der Waals surface area contributed by atoms with Gasteiger partial charge in [0.1, 0.15) is 11.5 Å². The van der Waals surface area contributed by atoms with E-state index in [4.69, 9.17) is 19.6 Å². The van der Waals surface area contributed by atoms with Gasteiger partial charge in [0.05, 0.1) is 25.1 Å².